The smallest absolute Gasteiger partial charge is 0.262 e. The molecule has 136 valence electrons. The van der Waals surface area contributed by atoms with Crippen LogP contribution in [0.1, 0.15) is 12.8 Å². The molecule has 8 heteroatoms. The number of piperidine rings is 1. The predicted octanol–water partition coefficient (Wildman–Crippen LogP) is 2.72. The molecule has 3 aromatic rings. The van der Waals surface area contributed by atoms with Crippen LogP contribution in [-0.4, -0.2) is 37.9 Å². The molecule has 1 aliphatic heterocycles. The van der Waals surface area contributed by atoms with E-state index in [0.717, 1.165) is 23.2 Å². The van der Waals surface area contributed by atoms with Crippen molar-refractivity contribution in [1.29, 1.82) is 0 Å². The molecule has 2 aromatic heterocycles. The number of aromatic nitrogens is 3. The van der Waals surface area contributed by atoms with Gasteiger partial charge in [-0.05, 0) is 50.2 Å². The van der Waals surface area contributed by atoms with E-state index in [0.29, 0.717) is 29.0 Å². The quantitative estimate of drug-likeness (QED) is 0.661. The van der Waals surface area contributed by atoms with Crippen molar-refractivity contribution in [2.75, 3.05) is 13.1 Å². The SMILES string of the molecule is O=c1c2cc(Cl)n(-c3cccc(Br)c3)c2ncn1CC1(O)CCNCC1. The first kappa shape index (κ1) is 17.7. The van der Waals surface area contributed by atoms with Crippen molar-refractivity contribution in [3.8, 4) is 5.69 Å². The molecular formula is C18H18BrClN4O2. The van der Waals surface area contributed by atoms with Gasteiger partial charge in [-0.3, -0.25) is 13.9 Å². The highest BCUT2D eigenvalue weighted by atomic mass is 79.9. The summed E-state index contributed by atoms with van der Waals surface area (Å²) in [4.78, 5) is 17.4. The molecule has 1 fully saturated rings. The number of hydrogen-bond donors (Lipinski definition) is 2. The summed E-state index contributed by atoms with van der Waals surface area (Å²) < 4.78 is 4.14. The minimum Gasteiger partial charge on any atom is -0.388 e. The van der Waals surface area contributed by atoms with Crippen molar-refractivity contribution < 1.29 is 5.11 Å². The first-order valence-corrected chi connectivity index (χ1v) is 9.59. The Morgan fingerprint density at radius 3 is 2.81 bits per heavy atom. The fourth-order valence-electron chi connectivity index (χ4n) is 3.43. The predicted molar refractivity (Wildman–Crippen MR) is 105 cm³/mol. The van der Waals surface area contributed by atoms with E-state index in [2.05, 4.69) is 26.2 Å². The van der Waals surface area contributed by atoms with Crippen LogP contribution in [0.3, 0.4) is 0 Å². The number of aliphatic hydroxyl groups is 1. The van der Waals surface area contributed by atoms with Gasteiger partial charge in [-0.1, -0.05) is 33.6 Å². The van der Waals surface area contributed by atoms with Crippen LogP contribution >= 0.6 is 27.5 Å². The molecule has 1 saturated heterocycles. The molecule has 0 unspecified atom stereocenters. The van der Waals surface area contributed by atoms with Crippen LogP contribution in [0.4, 0.5) is 0 Å². The number of nitrogens with zero attached hydrogens (tertiary/aromatic N) is 3. The van der Waals surface area contributed by atoms with Gasteiger partial charge in [0, 0.05) is 10.2 Å². The molecule has 0 radical (unpaired) electrons. The lowest BCUT2D eigenvalue weighted by Crippen LogP contribution is -2.46. The molecular weight excluding hydrogens is 420 g/mol. The number of hydrogen-bond acceptors (Lipinski definition) is 4. The van der Waals surface area contributed by atoms with E-state index < -0.39 is 5.60 Å². The molecule has 2 N–H and O–H groups in total. The highest BCUT2D eigenvalue weighted by molar-refractivity contribution is 9.10. The average molecular weight is 438 g/mol. The third-order valence-electron chi connectivity index (χ3n) is 4.81. The van der Waals surface area contributed by atoms with Crippen molar-refractivity contribution in [2.45, 2.75) is 25.0 Å². The Hall–Kier alpha value is -1.67. The van der Waals surface area contributed by atoms with E-state index in [9.17, 15) is 9.90 Å². The molecule has 0 aliphatic carbocycles. The van der Waals surface area contributed by atoms with Gasteiger partial charge in [0.25, 0.3) is 5.56 Å². The van der Waals surface area contributed by atoms with Gasteiger partial charge in [0.05, 0.1) is 17.5 Å². The van der Waals surface area contributed by atoms with Crippen molar-refractivity contribution in [1.82, 2.24) is 19.4 Å². The Labute approximate surface area is 163 Å². The molecule has 4 rings (SSSR count). The van der Waals surface area contributed by atoms with Crippen LogP contribution in [0, 0.1) is 0 Å². The minimum atomic E-state index is -0.888. The summed E-state index contributed by atoms with van der Waals surface area (Å²) in [6.07, 6.45) is 2.71. The van der Waals surface area contributed by atoms with Gasteiger partial charge in [-0.25, -0.2) is 4.98 Å². The molecule has 26 heavy (non-hydrogen) atoms. The average Bonchev–Trinajstić information content (AvgIpc) is 2.95. The monoisotopic (exact) mass is 436 g/mol. The standard InChI is InChI=1S/C18H18BrClN4O2/c19-12-2-1-3-13(8-12)24-15(20)9-14-16(24)22-11-23(17(14)25)10-18(26)4-6-21-7-5-18/h1-3,8-9,11,21,26H,4-7,10H2. The molecule has 0 spiro atoms. The number of nitrogens with one attached hydrogen (secondary N) is 1. The highest BCUT2D eigenvalue weighted by Crippen LogP contribution is 2.26. The highest BCUT2D eigenvalue weighted by Gasteiger charge is 2.30. The molecule has 6 nitrogen and oxygen atoms in total. The van der Waals surface area contributed by atoms with Crippen molar-refractivity contribution in [3.63, 3.8) is 0 Å². The van der Waals surface area contributed by atoms with Crippen LogP contribution in [0.15, 0.2) is 45.9 Å². The lowest BCUT2D eigenvalue weighted by atomic mass is 9.92. The van der Waals surface area contributed by atoms with Gasteiger partial charge in [0.1, 0.15) is 11.5 Å². The first-order valence-electron chi connectivity index (χ1n) is 8.42. The Kier molecular flexibility index (Phi) is 4.64. The maximum atomic E-state index is 12.9. The van der Waals surface area contributed by atoms with Gasteiger partial charge in [-0.15, -0.1) is 0 Å². The van der Waals surface area contributed by atoms with Crippen LogP contribution in [0.25, 0.3) is 16.7 Å². The summed E-state index contributed by atoms with van der Waals surface area (Å²) in [6.45, 7) is 1.72. The second kappa shape index (κ2) is 6.81. The maximum absolute atomic E-state index is 12.9. The molecule has 3 heterocycles. The van der Waals surface area contributed by atoms with E-state index in [4.69, 9.17) is 11.6 Å². The number of fused-ring (bicyclic) bond motifs is 1. The summed E-state index contributed by atoms with van der Waals surface area (Å²) in [5, 5.41) is 14.8. The van der Waals surface area contributed by atoms with Gasteiger partial charge < -0.3 is 10.4 Å². The van der Waals surface area contributed by atoms with E-state index in [1.165, 1.54) is 10.9 Å². The summed E-state index contributed by atoms with van der Waals surface area (Å²) in [7, 11) is 0. The van der Waals surface area contributed by atoms with Crippen LogP contribution in [0.2, 0.25) is 5.15 Å². The number of halogens is 2. The number of benzene rings is 1. The topological polar surface area (TPSA) is 72.1 Å². The van der Waals surface area contributed by atoms with E-state index in [-0.39, 0.29) is 12.1 Å². The third-order valence-corrected chi connectivity index (χ3v) is 5.58. The second-order valence-corrected chi connectivity index (χ2v) is 7.97. The normalized spacial score (nSPS) is 16.9. The fraction of sp³-hybridized carbons (Fsp3) is 0.333. The zero-order valence-corrected chi connectivity index (χ0v) is 16.3. The van der Waals surface area contributed by atoms with Crippen molar-refractivity contribution >= 4 is 38.6 Å². The van der Waals surface area contributed by atoms with E-state index >= 15 is 0 Å². The molecule has 0 saturated carbocycles. The lowest BCUT2D eigenvalue weighted by molar-refractivity contribution is -0.00627. The second-order valence-electron chi connectivity index (χ2n) is 6.67. The third kappa shape index (κ3) is 3.20. The molecule has 0 atom stereocenters. The van der Waals surface area contributed by atoms with Crippen molar-refractivity contribution in [3.05, 3.63) is 56.6 Å². The van der Waals surface area contributed by atoms with E-state index in [1.807, 2.05) is 24.3 Å². The molecule has 0 amide bonds. The lowest BCUT2D eigenvalue weighted by Gasteiger charge is -2.32. The Balaban J connectivity index is 1.79. The van der Waals surface area contributed by atoms with Gasteiger partial charge in [-0.2, -0.15) is 0 Å². The van der Waals surface area contributed by atoms with E-state index in [1.54, 1.807) is 10.6 Å². The summed E-state index contributed by atoms with van der Waals surface area (Å²) >= 11 is 9.85. The molecule has 0 bridgehead atoms. The molecule has 1 aromatic carbocycles. The zero-order chi connectivity index (χ0) is 18.3. The van der Waals surface area contributed by atoms with Gasteiger partial charge in [0.2, 0.25) is 0 Å². The van der Waals surface area contributed by atoms with Gasteiger partial charge >= 0.3 is 0 Å². The maximum Gasteiger partial charge on any atom is 0.262 e. The zero-order valence-electron chi connectivity index (χ0n) is 14.0. The largest absolute Gasteiger partial charge is 0.388 e. The Bertz CT molecular complexity index is 1020. The first-order chi connectivity index (χ1) is 12.5. The Morgan fingerprint density at radius 1 is 1.31 bits per heavy atom. The fourth-order valence-corrected chi connectivity index (χ4v) is 4.10. The number of rotatable bonds is 3. The Morgan fingerprint density at radius 2 is 2.08 bits per heavy atom. The van der Waals surface area contributed by atoms with Crippen molar-refractivity contribution in [2.24, 2.45) is 0 Å². The van der Waals surface area contributed by atoms with Gasteiger partial charge in [0.15, 0.2) is 5.65 Å². The summed E-state index contributed by atoms with van der Waals surface area (Å²) in [6, 6.07) is 9.27. The molecule has 1 aliphatic rings. The van der Waals surface area contributed by atoms with Crippen LogP contribution in [-0.2, 0) is 6.54 Å². The summed E-state index contributed by atoms with van der Waals surface area (Å²) in [5.41, 5.74) is 0.242. The summed E-state index contributed by atoms with van der Waals surface area (Å²) in [5.74, 6) is 0. The van der Waals surface area contributed by atoms with Crippen LogP contribution in [0.5, 0.6) is 0 Å². The minimum absolute atomic E-state index is 0.197. The van der Waals surface area contributed by atoms with Crippen LogP contribution < -0.4 is 10.9 Å².